The Bertz CT molecular complexity index is 445. The van der Waals surface area contributed by atoms with Crippen molar-refractivity contribution in [2.24, 2.45) is 0 Å². The number of carbonyl (C=O) groups excluding carboxylic acids is 1. The molecule has 18 heavy (non-hydrogen) atoms. The van der Waals surface area contributed by atoms with Crippen LogP contribution in [-0.4, -0.2) is 24.7 Å². The Kier molecular flexibility index (Phi) is 3.87. The number of nitrogens with zero attached hydrogens (tertiary/aromatic N) is 1. The summed E-state index contributed by atoms with van der Waals surface area (Å²) >= 11 is 0. The number of rotatable bonds is 3. The molecule has 98 valence electrons. The molecule has 1 aromatic rings. The van der Waals surface area contributed by atoms with Gasteiger partial charge >= 0.3 is 0 Å². The number of aliphatic hydroxyl groups excluding tert-OH is 1. The number of fused-ring (bicyclic) bond motifs is 1. The summed E-state index contributed by atoms with van der Waals surface area (Å²) in [5.74, 6) is 0.816. The van der Waals surface area contributed by atoms with Gasteiger partial charge in [0, 0.05) is 24.6 Å². The Hall–Kier alpha value is -1.55. The van der Waals surface area contributed by atoms with Gasteiger partial charge in [0.15, 0.2) is 0 Å². The highest BCUT2D eigenvalue weighted by molar-refractivity contribution is 5.94. The fourth-order valence-electron chi connectivity index (χ4n) is 2.30. The second-order valence-electron chi connectivity index (χ2n) is 4.52. The van der Waals surface area contributed by atoms with Gasteiger partial charge in [-0.25, -0.2) is 0 Å². The lowest BCUT2D eigenvalue weighted by molar-refractivity contribution is -0.118. The maximum absolute atomic E-state index is 12.1. The van der Waals surface area contributed by atoms with Gasteiger partial charge in [-0.1, -0.05) is 13.0 Å². The van der Waals surface area contributed by atoms with Gasteiger partial charge in [-0.05, 0) is 18.9 Å². The van der Waals surface area contributed by atoms with Gasteiger partial charge in [-0.3, -0.25) is 4.79 Å². The van der Waals surface area contributed by atoms with Crippen LogP contribution < -0.4 is 9.64 Å². The van der Waals surface area contributed by atoms with E-state index in [9.17, 15) is 9.90 Å². The van der Waals surface area contributed by atoms with Crippen molar-refractivity contribution in [3.63, 3.8) is 0 Å². The van der Waals surface area contributed by atoms with Crippen LogP contribution in [0, 0.1) is 0 Å². The number of anilines is 1. The number of hydrogen-bond acceptors (Lipinski definition) is 3. The van der Waals surface area contributed by atoms with E-state index in [2.05, 4.69) is 0 Å². The first-order chi connectivity index (χ1) is 8.67. The fraction of sp³-hybridized carbons (Fsp3) is 0.500. The lowest BCUT2D eigenvalue weighted by atomic mass is 9.98. The Balaban J connectivity index is 2.37. The normalized spacial score (nSPS) is 18.4. The van der Waals surface area contributed by atoms with E-state index < -0.39 is 6.10 Å². The summed E-state index contributed by atoms with van der Waals surface area (Å²) in [6, 6.07) is 5.48. The van der Waals surface area contributed by atoms with Crippen LogP contribution in [-0.2, 0) is 4.79 Å². The molecule has 1 N–H and O–H groups in total. The Labute approximate surface area is 107 Å². The molecule has 0 spiro atoms. The molecule has 1 atom stereocenters. The maximum atomic E-state index is 12.1. The summed E-state index contributed by atoms with van der Waals surface area (Å²) in [4.78, 5) is 13.8. The van der Waals surface area contributed by atoms with Crippen LogP contribution in [0.25, 0.3) is 0 Å². The molecule has 1 aromatic carbocycles. The van der Waals surface area contributed by atoms with E-state index in [0.29, 0.717) is 25.1 Å². The summed E-state index contributed by atoms with van der Waals surface area (Å²) in [6.07, 6.45) is 1.47. The van der Waals surface area contributed by atoms with Gasteiger partial charge in [0.1, 0.15) is 5.75 Å². The van der Waals surface area contributed by atoms with Gasteiger partial charge in [-0.2, -0.15) is 0 Å². The number of carbonyl (C=O) groups is 1. The fourth-order valence-corrected chi connectivity index (χ4v) is 2.30. The van der Waals surface area contributed by atoms with Crippen LogP contribution in [0.1, 0.15) is 37.9 Å². The topological polar surface area (TPSA) is 49.8 Å². The van der Waals surface area contributed by atoms with Crippen LogP contribution in [0.4, 0.5) is 5.69 Å². The van der Waals surface area contributed by atoms with E-state index in [1.807, 2.05) is 25.1 Å². The quantitative estimate of drug-likeness (QED) is 0.894. The Morgan fingerprint density at radius 3 is 3.00 bits per heavy atom. The van der Waals surface area contributed by atoms with Crippen molar-refractivity contribution in [3.05, 3.63) is 23.8 Å². The third-order valence-corrected chi connectivity index (χ3v) is 3.28. The summed E-state index contributed by atoms with van der Waals surface area (Å²) in [6.45, 7) is 2.56. The van der Waals surface area contributed by atoms with E-state index in [1.54, 1.807) is 12.0 Å². The van der Waals surface area contributed by atoms with Crippen molar-refractivity contribution < 1.29 is 14.6 Å². The second kappa shape index (κ2) is 5.40. The van der Waals surface area contributed by atoms with Crippen molar-refractivity contribution in [1.82, 2.24) is 0 Å². The van der Waals surface area contributed by atoms with Crippen molar-refractivity contribution in [2.45, 2.75) is 32.3 Å². The molecule has 0 saturated carbocycles. The molecule has 2 rings (SSSR count). The predicted octanol–water partition coefficient (Wildman–Crippen LogP) is 2.27. The van der Waals surface area contributed by atoms with Gasteiger partial charge in [-0.15, -0.1) is 0 Å². The summed E-state index contributed by atoms with van der Waals surface area (Å²) < 4.78 is 5.18. The van der Waals surface area contributed by atoms with E-state index in [4.69, 9.17) is 4.74 Å². The smallest absolute Gasteiger partial charge is 0.226 e. The first kappa shape index (κ1) is 12.9. The molecule has 4 heteroatoms. The first-order valence-electron chi connectivity index (χ1n) is 6.33. The van der Waals surface area contributed by atoms with Crippen LogP contribution in [0.5, 0.6) is 5.75 Å². The number of ether oxygens (including phenoxy) is 1. The molecule has 0 radical (unpaired) electrons. The SMILES string of the molecule is CCCC(=O)N1CCC(O)c2ccc(OC)cc21. The molecular formula is C14H19NO3. The number of methoxy groups -OCH3 is 1. The third-order valence-electron chi connectivity index (χ3n) is 3.28. The minimum atomic E-state index is -0.489. The Morgan fingerprint density at radius 2 is 2.33 bits per heavy atom. The zero-order valence-corrected chi connectivity index (χ0v) is 10.8. The molecule has 0 aromatic heterocycles. The van der Waals surface area contributed by atoms with Crippen LogP contribution >= 0.6 is 0 Å². The number of aliphatic hydroxyl groups is 1. The zero-order valence-electron chi connectivity index (χ0n) is 10.8. The van der Waals surface area contributed by atoms with Crippen LogP contribution in [0.3, 0.4) is 0 Å². The average molecular weight is 249 g/mol. The average Bonchev–Trinajstić information content (AvgIpc) is 2.39. The minimum absolute atomic E-state index is 0.110. The van der Waals surface area contributed by atoms with Gasteiger partial charge in [0.25, 0.3) is 0 Å². The number of hydrogen-bond donors (Lipinski definition) is 1. The van der Waals surface area contributed by atoms with E-state index in [1.165, 1.54) is 0 Å². The molecule has 1 aliphatic rings. The number of amides is 1. The zero-order chi connectivity index (χ0) is 13.1. The molecule has 1 amide bonds. The summed E-state index contributed by atoms with van der Waals surface area (Å²) in [7, 11) is 1.60. The first-order valence-corrected chi connectivity index (χ1v) is 6.33. The predicted molar refractivity (Wildman–Crippen MR) is 69.8 cm³/mol. The number of benzene rings is 1. The second-order valence-corrected chi connectivity index (χ2v) is 4.52. The molecule has 0 fully saturated rings. The molecule has 0 bridgehead atoms. The third kappa shape index (κ3) is 2.34. The highest BCUT2D eigenvalue weighted by Crippen LogP contribution is 2.36. The van der Waals surface area contributed by atoms with Crippen molar-refractivity contribution in [1.29, 1.82) is 0 Å². The lowest BCUT2D eigenvalue weighted by Crippen LogP contribution is -2.36. The van der Waals surface area contributed by atoms with Crippen molar-refractivity contribution >= 4 is 11.6 Å². The van der Waals surface area contributed by atoms with Crippen LogP contribution in [0.2, 0.25) is 0 Å². The van der Waals surface area contributed by atoms with Gasteiger partial charge < -0.3 is 14.7 Å². The molecule has 0 aliphatic carbocycles. The van der Waals surface area contributed by atoms with E-state index in [-0.39, 0.29) is 5.91 Å². The highest BCUT2D eigenvalue weighted by Gasteiger charge is 2.27. The maximum Gasteiger partial charge on any atom is 0.226 e. The Morgan fingerprint density at radius 1 is 1.56 bits per heavy atom. The highest BCUT2D eigenvalue weighted by atomic mass is 16.5. The van der Waals surface area contributed by atoms with Gasteiger partial charge in [0.05, 0.1) is 18.9 Å². The molecule has 1 heterocycles. The lowest BCUT2D eigenvalue weighted by Gasteiger charge is -2.32. The van der Waals surface area contributed by atoms with Gasteiger partial charge in [0.2, 0.25) is 5.91 Å². The van der Waals surface area contributed by atoms with E-state index >= 15 is 0 Å². The molecule has 4 nitrogen and oxygen atoms in total. The largest absolute Gasteiger partial charge is 0.497 e. The van der Waals surface area contributed by atoms with Crippen molar-refractivity contribution in [2.75, 3.05) is 18.6 Å². The summed E-state index contributed by atoms with van der Waals surface area (Å²) in [5, 5.41) is 9.98. The monoisotopic (exact) mass is 249 g/mol. The minimum Gasteiger partial charge on any atom is -0.497 e. The molecule has 1 aliphatic heterocycles. The van der Waals surface area contributed by atoms with Crippen LogP contribution in [0.15, 0.2) is 18.2 Å². The molecular weight excluding hydrogens is 230 g/mol. The van der Waals surface area contributed by atoms with Crippen molar-refractivity contribution in [3.8, 4) is 5.75 Å². The summed E-state index contributed by atoms with van der Waals surface area (Å²) in [5.41, 5.74) is 1.60. The molecule has 0 saturated heterocycles. The van der Waals surface area contributed by atoms with E-state index in [0.717, 1.165) is 17.7 Å². The standard InChI is InChI=1S/C14H19NO3/c1-3-4-14(17)15-8-7-13(16)11-6-5-10(18-2)9-12(11)15/h5-6,9,13,16H,3-4,7-8H2,1-2H3. The molecule has 1 unspecified atom stereocenters.